The van der Waals surface area contributed by atoms with Crippen molar-refractivity contribution >= 4 is 43.1 Å². The first-order chi connectivity index (χ1) is 25.0. The number of benzene rings is 2. The van der Waals surface area contributed by atoms with Crippen molar-refractivity contribution in [2.45, 2.75) is 101 Å². The predicted molar refractivity (Wildman–Crippen MR) is 198 cm³/mol. The highest BCUT2D eigenvalue weighted by molar-refractivity contribution is 6.71. The van der Waals surface area contributed by atoms with Gasteiger partial charge in [0.15, 0.2) is 13.9 Å². The molecule has 0 radical (unpaired) electrons. The number of hydrogen-bond donors (Lipinski definition) is 6. The fraction of sp³-hybridized carbons (Fsp3) is 0.541. The van der Waals surface area contributed by atoms with Crippen molar-refractivity contribution in [3.63, 3.8) is 0 Å². The molecule has 52 heavy (non-hydrogen) atoms. The van der Waals surface area contributed by atoms with Crippen LogP contribution < -0.4 is 26.2 Å². The van der Waals surface area contributed by atoms with Crippen molar-refractivity contribution in [2.24, 2.45) is 5.92 Å². The van der Waals surface area contributed by atoms with Gasteiger partial charge in [-0.1, -0.05) is 24.3 Å². The number of nitrogens with zero attached hydrogens (tertiary/aromatic N) is 4. The van der Waals surface area contributed by atoms with Gasteiger partial charge >= 0.3 is 0 Å². The first-order valence-corrected chi connectivity index (χ1v) is 21.5. The number of aliphatic hydroxyl groups excluding tert-OH is 1. The molecule has 3 aromatic rings. The van der Waals surface area contributed by atoms with Crippen molar-refractivity contribution in [2.75, 3.05) is 35.2 Å². The lowest BCUT2D eigenvalue weighted by Gasteiger charge is -2.32. The van der Waals surface area contributed by atoms with E-state index in [2.05, 4.69) is 31.6 Å². The first kappa shape index (κ1) is 36.4. The summed E-state index contributed by atoms with van der Waals surface area (Å²) in [5.74, 6) is -0.812. The number of anilines is 3. The minimum absolute atomic E-state index is 0.0225. The highest BCUT2D eigenvalue weighted by atomic mass is 28.4. The number of rotatable bonds is 12. The van der Waals surface area contributed by atoms with E-state index >= 15 is 4.79 Å². The van der Waals surface area contributed by atoms with Crippen LogP contribution in [0.5, 0.6) is 0 Å². The van der Waals surface area contributed by atoms with Crippen LogP contribution in [-0.2, 0) is 44.2 Å². The summed E-state index contributed by atoms with van der Waals surface area (Å²) >= 11 is 0. The molecule has 1 spiro atoms. The summed E-state index contributed by atoms with van der Waals surface area (Å²) in [5, 5.41) is 30.3. The Balaban J connectivity index is 1.21. The van der Waals surface area contributed by atoms with Crippen LogP contribution in [0, 0.1) is 5.92 Å². The number of aromatic nitrogens is 3. The normalized spacial score (nSPS) is 27.1. The first-order valence-electron chi connectivity index (χ1n) is 18.5. The van der Waals surface area contributed by atoms with Crippen LogP contribution in [-0.4, -0.2) is 88.8 Å². The maximum absolute atomic E-state index is 15.1. The quantitative estimate of drug-likeness (QED) is 0.152. The number of fused-ring (bicyclic) bond motifs is 2. The van der Waals surface area contributed by atoms with Crippen LogP contribution in [0.1, 0.15) is 55.8 Å². The van der Waals surface area contributed by atoms with Gasteiger partial charge < -0.3 is 40.8 Å². The lowest BCUT2D eigenvalue weighted by atomic mass is 9.82. The fourth-order valence-electron chi connectivity index (χ4n) is 8.72. The molecule has 0 aliphatic carbocycles. The van der Waals surface area contributed by atoms with Crippen molar-refractivity contribution < 1.29 is 29.0 Å². The Morgan fingerprint density at radius 1 is 1.04 bits per heavy atom. The number of carbonyl (C=O) groups is 3. The summed E-state index contributed by atoms with van der Waals surface area (Å²) < 4.78 is 8.74. The maximum atomic E-state index is 15.1. The number of aliphatic hydroxyl groups is 1. The second kappa shape index (κ2) is 14.8. The van der Waals surface area contributed by atoms with Gasteiger partial charge in [-0.05, 0) is 94.2 Å². The third kappa shape index (κ3) is 7.05. The minimum atomic E-state index is -2.93. The molecule has 3 saturated heterocycles. The second-order valence-corrected chi connectivity index (χ2v) is 19.2. The Bertz CT molecular complexity index is 1800. The van der Waals surface area contributed by atoms with Gasteiger partial charge in [0.05, 0.1) is 36.1 Å². The summed E-state index contributed by atoms with van der Waals surface area (Å²) in [4.78, 5) is 54.6. The monoisotopic (exact) mass is 730 g/mol. The van der Waals surface area contributed by atoms with Gasteiger partial charge in [-0.25, -0.2) is 0 Å². The molecule has 4 aliphatic rings. The molecule has 4 aliphatic heterocycles. The number of aryl methyl sites for hydroxylation is 1. The number of ether oxygens (including phenoxy) is 1. The summed E-state index contributed by atoms with van der Waals surface area (Å²) in [6.07, 6.45) is 5.68. The highest BCUT2D eigenvalue weighted by Gasteiger charge is 2.66. The van der Waals surface area contributed by atoms with Crippen LogP contribution >= 0.6 is 0 Å². The van der Waals surface area contributed by atoms with Crippen LogP contribution in [0.25, 0.3) is 0 Å². The molecule has 0 bridgehead atoms. The molecule has 5 heterocycles. The van der Waals surface area contributed by atoms with Crippen LogP contribution in [0.4, 0.5) is 17.1 Å². The predicted octanol–water partition coefficient (Wildman–Crippen LogP) is 2.63. The molecule has 7 rings (SSSR count). The molecule has 3 fully saturated rings. The minimum Gasteiger partial charge on any atom is -0.432 e. The summed E-state index contributed by atoms with van der Waals surface area (Å²) in [6.45, 7) is 8.06. The van der Waals surface area contributed by atoms with Crippen LogP contribution in [0.3, 0.4) is 0 Å². The Kier molecular flexibility index (Phi) is 10.3. The number of nitrogens with one attached hydrogen (secondary N) is 4. The van der Waals surface area contributed by atoms with Gasteiger partial charge in [-0.3, -0.25) is 19.1 Å². The highest BCUT2D eigenvalue weighted by Crippen LogP contribution is 2.60. The molecule has 6 N–H and O–H groups in total. The van der Waals surface area contributed by atoms with Crippen molar-refractivity contribution in [1.29, 1.82) is 0 Å². The second-order valence-electron chi connectivity index (χ2n) is 15.2. The van der Waals surface area contributed by atoms with E-state index in [4.69, 9.17) is 4.74 Å². The summed E-state index contributed by atoms with van der Waals surface area (Å²) in [5.41, 5.74) is 2.39. The molecule has 3 amide bonds. The Labute approximate surface area is 304 Å². The van der Waals surface area contributed by atoms with E-state index in [1.54, 1.807) is 15.8 Å². The third-order valence-corrected chi connectivity index (χ3v) is 13.6. The third-order valence-electron chi connectivity index (χ3n) is 11.1. The van der Waals surface area contributed by atoms with E-state index in [-0.39, 0.29) is 48.5 Å². The van der Waals surface area contributed by atoms with Gasteiger partial charge in [0, 0.05) is 54.2 Å². The Hall–Kier alpha value is -3.99. The Morgan fingerprint density at radius 3 is 2.37 bits per heavy atom. The average molecular weight is 731 g/mol. The van der Waals surface area contributed by atoms with Gasteiger partial charge in [-0.15, -0.1) is 5.10 Å². The molecule has 1 aromatic heterocycles. The number of hydrogen-bond acceptors (Lipinski definition) is 10. The van der Waals surface area contributed by atoms with E-state index in [1.165, 1.54) is 0 Å². The van der Waals surface area contributed by atoms with Gasteiger partial charge in [0.25, 0.3) is 5.91 Å². The smallest absolute Gasteiger partial charge is 0.264 e. The molecule has 278 valence electrons. The van der Waals surface area contributed by atoms with Crippen molar-refractivity contribution in [3.8, 4) is 0 Å². The van der Waals surface area contributed by atoms with E-state index < -0.39 is 25.9 Å². The van der Waals surface area contributed by atoms with Gasteiger partial charge in [0.2, 0.25) is 11.8 Å². The summed E-state index contributed by atoms with van der Waals surface area (Å²) in [6, 6.07) is 12.6. The van der Waals surface area contributed by atoms with Gasteiger partial charge in [0.1, 0.15) is 0 Å². The van der Waals surface area contributed by atoms with Crippen LogP contribution in [0.2, 0.25) is 18.6 Å². The maximum Gasteiger partial charge on any atom is 0.264 e. The number of amides is 3. The van der Waals surface area contributed by atoms with Gasteiger partial charge in [-0.2, -0.15) is 0 Å². The van der Waals surface area contributed by atoms with Crippen LogP contribution in [0.15, 0.2) is 48.7 Å². The molecule has 6 atom stereocenters. The van der Waals surface area contributed by atoms with Crippen molar-refractivity contribution in [3.05, 3.63) is 65.5 Å². The molecular weight excluding hydrogens is 681 g/mol. The average Bonchev–Trinajstić information content (AvgIpc) is 3.95. The molecule has 0 saturated carbocycles. The lowest BCUT2D eigenvalue weighted by molar-refractivity contribution is -0.146. The topological polar surface area (TPSA) is 183 Å². The van der Waals surface area contributed by atoms with E-state index in [9.17, 15) is 19.5 Å². The molecular formula is C37H50N8O6Si. The molecule has 14 nitrogen and oxygen atoms in total. The molecule has 0 unspecified atom stereocenters. The Morgan fingerprint density at radius 2 is 1.73 bits per heavy atom. The largest absolute Gasteiger partial charge is 0.432 e. The standard InChI is InChI=1S/C37H50N8O6Si/c1-23-33(52(2,3)50)32(13-17-44-22-27(14-18-46)42-43-44)51-37(23)28-20-26(41-35(48)30-10-6-16-39-30)11-12-31(28)45(36(37)49)21-24-7-4-8-25(19-24)40-34(47)29-9-5-15-38-29/h4,7-8,11-12,19-20,22-23,29-30,32-33,38-39,46,50H,5-6,9-10,13-18,21H2,1-3H3,(H,40,47)(H,41,48)/t23-,29+,30+,32+,33-,37+/m0/s1. The zero-order valence-electron chi connectivity index (χ0n) is 30.1. The van der Waals surface area contributed by atoms with E-state index in [0.29, 0.717) is 47.7 Å². The zero-order chi connectivity index (χ0) is 36.6. The fourth-order valence-corrected chi connectivity index (χ4v) is 11.3. The number of carbonyl (C=O) groups excluding carboxylic acids is 3. The van der Waals surface area contributed by atoms with E-state index in [0.717, 1.165) is 44.3 Å². The molecule has 2 aromatic carbocycles. The summed E-state index contributed by atoms with van der Waals surface area (Å²) in [7, 11) is -2.93. The molecule has 15 heteroatoms. The SMILES string of the molecule is C[C@H]1[C@H]([Si](C)(C)O)[C@@H](CCn2cc(CCO)nn2)O[C@]12C(=O)N(Cc1cccc(NC(=O)[C@H]3CCCN3)c1)c1ccc(NC(=O)[C@H]3CCCN3)cc12. The van der Waals surface area contributed by atoms with E-state index in [1.807, 2.05) is 62.5 Å². The zero-order valence-corrected chi connectivity index (χ0v) is 31.1. The van der Waals surface area contributed by atoms with Crippen molar-refractivity contribution in [1.82, 2.24) is 25.6 Å². The lowest BCUT2D eigenvalue weighted by Crippen LogP contribution is -2.46.